The molecular weight excluding hydrogens is 338 g/mol. The van der Waals surface area contributed by atoms with Gasteiger partial charge in [0.15, 0.2) is 6.61 Å². The Bertz CT molecular complexity index is 781. The van der Waals surface area contributed by atoms with Crippen LogP contribution in [0.1, 0.15) is 43.1 Å². The van der Waals surface area contributed by atoms with Gasteiger partial charge < -0.3 is 10.1 Å². The van der Waals surface area contributed by atoms with E-state index >= 15 is 0 Å². The SMILES string of the molecule is Cc1cc(C)c(C(=O)COC(=O)CCNC(=O)c2cccs2)cc1C. The van der Waals surface area contributed by atoms with Crippen molar-refractivity contribution in [1.82, 2.24) is 5.32 Å². The molecule has 0 bridgehead atoms. The van der Waals surface area contributed by atoms with E-state index in [1.807, 2.05) is 38.3 Å². The fraction of sp³-hybridized carbons (Fsp3) is 0.316. The summed E-state index contributed by atoms with van der Waals surface area (Å²) in [5, 5.41) is 4.45. The molecule has 1 aromatic heterocycles. The third kappa shape index (κ3) is 5.26. The Morgan fingerprint density at radius 3 is 2.48 bits per heavy atom. The standard InChI is InChI=1S/C19H21NO4S/c1-12-9-14(3)15(10-13(12)2)16(21)11-24-18(22)6-7-20-19(23)17-5-4-8-25-17/h4-5,8-10H,6-7,11H2,1-3H3,(H,20,23). The topological polar surface area (TPSA) is 72.5 Å². The highest BCUT2D eigenvalue weighted by Gasteiger charge is 2.14. The zero-order chi connectivity index (χ0) is 18.4. The van der Waals surface area contributed by atoms with Crippen LogP contribution in [0.25, 0.3) is 0 Å². The number of ether oxygens (including phenoxy) is 1. The van der Waals surface area contributed by atoms with Crippen molar-refractivity contribution in [2.45, 2.75) is 27.2 Å². The van der Waals surface area contributed by atoms with Crippen molar-refractivity contribution in [3.05, 3.63) is 56.8 Å². The molecule has 6 heteroatoms. The number of hydrogen-bond donors (Lipinski definition) is 1. The summed E-state index contributed by atoms with van der Waals surface area (Å²) in [4.78, 5) is 36.3. The Balaban J connectivity index is 1.77. The molecule has 0 atom stereocenters. The minimum absolute atomic E-state index is 0.0241. The molecule has 1 amide bonds. The molecule has 132 valence electrons. The first-order chi connectivity index (χ1) is 11.9. The van der Waals surface area contributed by atoms with E-state index in [0.717, 1.165) is 16.7 Å². The summed E-state index contributed by atoms with van der Waals surface area (Å²) in [7, 11) is 0. The zero-order valence-corrected chi connectivity index (χ0v) is 15.4. The average Bonchev–Trinajstić information content (AvgIpc) is 3.10. The summed E-state index contributed by atoms with van der Waals surface area (Å²) >= 11 is 1.33. The van der Waals surface area contributed by atoms with Gasteiger partial charge in [-0.2, -0.15) is 0 Å². The fourth-order valence-electron chi connectivity index (χ4n) is 2.33. The summed E-state index contributed by atoms with van der Waals surface area (Å²) in [5.41, 5.74) is 3.58. The number of benzene rings is 1. The second-order valence-corrected chi connectivity index (χ2v) is 6.77. The van der Waals surface area contributed by atoms with Gasteiger partial charge in [0.1, 0.15) is 0 Å². The normalized spacial score (nSPS) is 10.4. The van der Waals surface area contributed by atoms with Gasteiger partial charge in [-0.1, -0.05) is 12.1 Å². The van der Waals surface area contributed by atoms with Crippen LogP contribution in [0.2, 0.25) is 0 Å². The van der Waals surface area contributed by atoms with Crippen LogP contribution in [0.4, 0.5) is 0 Å². The summed E-state index contributed by atoms with van der Waals surface area (Å²) in [6.45, 7) is 5.67. The van der Waals surface area contributed by atoms with Gasteiger partial charge in [-0.3, -0.25) is 14.4 Å². The maximum absolute atomic E-state index is 12.2. The van der Waals surface area contributed by atoms with Gasteiger partial charge in [0.05, 0.1) is 11.3 Å². The molecule has 0 spiro atoms. The first kappa shape index (κ1) is 18.9. The number of ketones is 1. The number of Topliss-reactive ketones (excluding diaryl/α,β-unsaturated/α-hetero) is 1. The van der Waals surface area contributed by atoms with Crippen LogP contribution in [0.15, 0.2) is 29.6 Å². The number of amides is 1. The Morgan fingerprint density at radius 1 is 1.08 bits per heavy atom. The predicted molar refractivity (Wildman–Crippen MR) is 97.2 cm³/mol. The molecule has 2 aromatic rings. The molecule has 2 rings (SSSR count). The lowest BCUT2D eigenvalue weighted by molar-refractivity contribution is -0.142. The summed E-state index contributed by atoms with van der Waals surface area (Å²) in [5.74, 6) is -0.956. The van der Waals surface area contributed by atoms with Crippen molar-refractivity contribution in [2.75, 3.05) is 13.2 Å². The molecule has 0 aliphatic carbocycles. The molecule has 0 saturated carbocycles. The Labute approximate surface area is 151 Å². The number of thiophene rings is 1. The van der Waals surface area contributed by atoms with Crippen LogP contribution in [-0.4, -0.2) is 30.8 Å². The van der Waals surface area contributed by atoms with Gasteiger partial charge in [-0.05, 0) is 55.0 Å². The predicted octanol–water partition coefficient (Wildman–Crippen LogP) is 3.22. The second kappa shape index (κ2) is 8.58. The summed E-state index contributed by atoms with van der Waals surface area (Å²) in [6.07, 6.45) is 0.0241. The molecule has 25 heavy (non-hydrogen) atoms. The van der Waals surface area contributed by atoms with Crippen LogP contribution in [-0.2, 0) is 9.53 Å². The van der Waals surface area contributed by atoms with Gasteiger partial charge in [0.2, 0.25) is 5.78 Å². The quantitative estimate of drug-likeness (QED) is 0.608. The van der Waals surface area contributed by atoms with Gasteiger partial charge >= 0.3 is 5.97 Å². The molecule has 5 nitrogen and oxygen atoms in total. The van der Waals surface area contributed by atoms with E-state index in [0.29, 0.717) is 10.4 Å². The van der Waals surface area contributed by atoms with E-state index < -0.39 is 5.97 Å². The molecule has 0 aliphatic rings. The number of carbonyl (C=O) groups is 3. The highest BCUT2D eigenvalue weighted by molar-refractivity contribution is 7.12. The maximum atomic E-state index is 12.2. The van der Waals surface area contributed by atoms with Gasteiger partial charge in [-0.15, -0.1) is 11.3 Å². The smallest absolute Gasteiger partial charge is 0.308 e. The van der Waals surface area contributed by atoms with E-state index in [9.17, 15) is 14.4 Å². The fourth-order valence-corrected chi connectivity index (χ4v) is 2.97. The van der Waals surface area contributed by atoms with Crippen molar-refractivity contribution in [3.8, 4) is 0 Å². The summed E-state index contributed by atoms with van der Waals surface area (Å²) in [6, 6.07) is 7.27. The molecule has 0 radical (unpaired) electrons. The maximum Gasteiger partial charge on any atom is 0.308 e. The molecule has 0 saturated heterocycles. The number of nitrogens with one attached hydrogen (secondary N) is 1. The lowest BCUT2D eigenvalue weighted by atomic mass is 9.98. The first-order valence-electron chi connectivity index (χ1n) is 7.97. The van der Waals surface area contributed by atoms with Crippen LogP contribution in [0, 0.1) is 20.8 Å². The number of esters is 1. The number of carbonyl (C=O) groups excluding carboxylic acids is 3. The largest absolute Gasteiger partial charge is 0.457 e. The van der Waals surface area contributed by atoms with E-state index in [1.165, 1.54) is 11.3 Å². The molecular formula is C19H21NO4S. The molecule has 0 fully saturated rings. The minimum Gasteiger partial charge on any atom is -0.457 e. The lowest BCUT2D eigenvalue weighted by Gasteiger charge is -2.10. The second-order valence-electron chi connectivity index (χ2n) is 5.82. The van der Waals surface area contributed by atoms with E-state index in [4.69, 9.17) is 4.74 Å². The third-order valence-corrected chi connectivity index (χ3v) is 4.73. The highest BCUT2D eigenvalue weighted by Crippen LogP contribution is 2.16. The number of aryl methyl sites for hydroxylation is 3. The van der Waals surface area contributed by atoms with Crippen molar-refractivity contribution in [2.24, 2.45) is 0 Å². The third-order valence-electron chi connectivity index (χ3n) is 3.87. The van der Waals surface area contributed by atoms with E-state index in [-0.39, 0.29) is 31.3 Å². The number of hydrogen-bond acceptors (Lipinski definition) is 5. The molecule has 1 aromatic carbocycles. The molecule has 0 unspecified atom stereocenters. The van der Waals surface area contributed by atoms with Crippen molar-refractivity contribution < 1.29 is 19.1 Å². The highest BCUT2D eigenvalue weighted by atomic mass is 32.1. The summed E-state index contributed by atoms with van der Waals surface area (Å²) < 4.78 is 5.02. The molecule has 1 N–H and O–H groups in total. The zero-order valence-electron chi connectivity index (χ0n) is 14.5. The van der Waals surface area contributed by atoms with Crippen LogP contribution in [0.5, 0.6) is 0 Å². The monoisotopic (exact) mass is 359 g/mol. The van der Waals surface area contributed by atoms with E-state index in [1.54, 1.807) is 12.1 Å². The minimum atomic E-state index is -0.513. The van der Waals surface area contributed by atoms with Crippen molar-refractivity contribution in [3.63, 3.8) is 0 Å². The van der Waals surface area contributed by atoms with Crippen molar-refractivity contribution in [1.29, 1.82) is 0 Å². The van der Waals surface area contributed by atoms with Crippen LogP contribution >= 0.6 is 11.3 Å². The first-order valence-corrected chi connectivity index (χ1v) is 8.85. The van der Waals surface area contributed by atoms with Gasteiger partial charge in [-0.25, -0.2) is 0 Å². The van der Waals surface area contributed by atoms with Crippen molar-refractivity contribution >= 4 is 29.0 Å². The average molecular weight is 359 g/mol. The van der Waals surface area contributed by atoms with Gasteiger partial charge in [0.25, 0.3) is 5.91 Å². The molecule has 0 aliphatic heterocycles. The Hall–Kier alpha value is -2.47. The molecule has 1 heterocycles. The Kier molecular flexibility index (Phi) is 6.47. The van der Waals surface area contributed by atoms with E-state index in [2.05, 4.69) is 5.32 Å². The number of rotatable bonds is 7. The van der Waals surface area contributed by atoms with Gasteiger partial charge in [0, 0.05) is 12.1 Å². The Morgan fingerprint density at radius 2 is 1.80 bits per heavy atom. The van der Waals surface area contributed by atoms with Crippen LogP contribution in [0.3, 0.4) is 0 Å². The lowest BCUT2D eigenvalue weighted by Crippen LogP contribution is -2.26. The van der Waals surface area contributed by atoms with Crippen LogP contribution < -0.4 is 5.32 Å².